The lowest BCUT2D eigenvalue weighted by molar-refractivity contribution is 0.661. The average Bonchev–Trinajstić information content (AvgIpc) is 3.20. The minimum Gasteiger partial charge on any atom is -0.353 e. The Bertz CT molecular complexity index is 1370. The van der Waals surface area contributed by atoms with E-state index in [1.807, 2.05) is 12.3 Å². The van der Waals surface area contributed by atoms with E-state index in [1.165, 1.54) is 38.8 Å². The monoisotopic (exact) mass is 360 g/mol. The number of aromatic amines is 1. The van der Waals surface area contributed by atoms with Crippen LogP contribution in [0.25, 0.3) is 44.2 Å². The maximum atomic E-state index is 4.61. The molecule has 0 unspecified atom stereocenters. The zero-order chi connectivity index (χ0) is 18.9. The molecule has 2 aromatic heterocycles. The summed E-state index contributed by atoms with van der Waals surface area (Å²) in [4.78, 5) is 8.15. The van der Waals surface area contributed by atoms with E-state index in [9.17, 15) is 0 Å². The van der Waals surface area contributed by atoms with Crippen LogP contribution >= 0.6 is 0 Å². The van der Waals surface area contributed by atoms with Crippen molar-refractivity contribution >= 4 is 21.9 Å². The van der Waals surface area contributed by atoms with Crippen LogP contribution < -0.4 is 0 Å². The van der Waals surface area contributed by atoms with Crippen molar-refractivity contribution in [2.75, 3.05) is 0 Å². The lowest BCUT2D eigenvalue weighted by atomic mass is 9.81. The molecule has 2 heteroatoms. The molecule has 0 amide bonds. The Morgan fingerprint density at radius 1 is 0.714 bits per heavy atom. The van der Waals surface area contributed by atoms with Crippen LogP contribution in [-0.4, -0.2) is 9.97 Å². The highest BCUT2D eigenvalue weighted by atomic mass is 14.8. The van der Waals surface area contributed by atoms with Crippen LogP contribution in [0.3, 0.4) is 0 Å². The Morgan fingerprint density at radius 3 is 2.39 bits per heavy atom. The van der Waals surface area contributed by atoms with Gasteiger partial charge in [0.1, 0.15) is 0 Å². The van der Waals surface area contributed by atoms with Gasteiger partial charge in [-0.2, -0.15) is 0 Å². The SMILES string of the molecule is CC1(C)c2cc(-c3ccccc3)ccc2-c2cc3[nH]c4cccnc4c3cc21. The van der Waals surface area contributed by atoms with Gasteiger partial charge in [0.2, 0.25) is 0 Å². The Labute approximate surface area is 163 Å². The third-order valence-corrected chi connectivity index (χ3v) is 6.25. The number of aromatic nitrogens is 2. The number of hydrogen-bond donors (Lipinski definition) is 1. The normalized spacial score (nSPS) is 14.4. The molecule has 28 heavy (non-hydrogen) atoms. The number of nitrogens with zero attached hydrogens (tertiary/aromatic N) is 1. The molecule has 0 spiro atoms. The zero-order valence-corrected chi connectivity index (χ0v) is 16.0. The van der Waals surface area contributed by atoms with Gasteiger partial charge in [-0.15, -0.1) is 0 Å². The molecule has 2 heterocycles. The van der Waals surface area contributed by atoms with Gasteiger partial charge in [0.15, 0.2) is 0 Å². The van der Waals surface area contributed by atoms with Crippen LogP contribution in [0, 0.1) is 0 Å². The van der Waals surface area contributed by atoms with E-state index in [0.29, 0.717) is 0 Å². The summed E-state index contributed by atoms with van der Waals surface area (Å²) in [5, 5.41) is 1.21. The number of pyridine rings is 1. The Balaban J connectivity index is 1.62. The van der Waals surface area contributed by atoms with Crippen LogP contribution in [0.2, 0.25) is 0 Å². The Kier molecular flexibility index (Phi) is 2.98. The summed E-state index contributed by atoms with van der Waals surface area (Å²) < 4.78 is 0. The number of fused-ring (bicyclic) bond motifs is 6. The number of hydrogen-bond acceptors (Lipinski definition) is 1. The van der Waals surface area contributed by atoms with Crippen LogP contribution in [0.5, 0.6) is 0 Å². The van der Waals surface area contributed by atoms with Gasteiger partial charge in [0.25, 0.3) is 0 Å². The third kappa shape index (κ3) is 2.00. The molecule has 1 aliphatic carbocycles. The van der Waals surface area contributed by atoms with Crippen molar-refractivity contribution in [2.45, 2.75) is 19.3 Å². The first-order chi connectivity index (χ1) is 13.6. The molecule has 1 N–H and O–H groups in total. The minimum absolute atomic E-state index is 0.0397. The van der Waals surface area contributed by atoms with Gasteiger partial charge in [0, 0.05) is 22.5 Å². The molecular weight excluding hydrogens is 340 g/mol. The van der Waals surface area contributed by atoms with Gasteiger partial charge in [-0.3, -0.25) is 4.98 Å². The number of nitrogens with one attached hydrogen (secondary N) is 1. The maximum absolute atomic E-state index is 4.61. The summed E-state index contributed by atoms with van der Waals surface area (Å²) in [6.07, 6.45) is 1.87. The second-order valence-electron chi connectivity index (χ2n) is 8.22. The van der Waals surface area contributed by atoms with E-state index < -0.39 is 0 Å². The molecule has 6 rings (SSSR count). The highest BCUT2D eigenvalue weighted by Crippen LogP contribution is 2.51. The van der Waals surface area contributed by atoms with E-state index >= 15 is 0 Å². The fourth-order valence-electron chi connectivity index (χ4n) is 4.76. The molecule has 2 nitrogen and oxygen atoms in total. The third-order valence-electron chi connectivity index (χ3n) is 6.25. The van der Waals surface area contributed by atoms with E-state index in [0.717, 1.165) is 16.6 Å². The van der Waals surface area contributed by atoms with Crippen molar-refractivity contribution < 1.29 is 0 Å². The molecule has 0 bridgehead atoms. The average molecular weight is 360 g/mol. The minimum atomic E-state index is -0.0397. The molecular formula is C26H20N2. The fourth-order valence-corrected chi connectivity index (χ4v) is 4.76. The first kappa shape index (κ1) is 15.6. The lowest BCUT2D eigenvalue weighted by Gasteiger charge is -2.22. The highest BCUT2D eigenvalue weighted by Gasteiger charge is 2.36. The quantitative estimate of drug-likeness (QED) is 0.354. The van der Waals surface area contributed by atoms with Crippen LogP contribution in [0.15, 0.2) is 79.0 Å². The summed E-state index contributed by atoms with van der Waals surface area (Å²) in [5.41, 5.74) is 11.3. The Hall–Kier alpha value is -3.39. The summed E-state index contributed by atoms with van der Waals surface area (Å²) >= 11 is 0. The molecule has 0 fully saturated rings. The Morgan fingerprint density at radius 2 is 1.54 bits per heavy atom. The van der Waals surface area contributed by atoms with Crippen molar-refractivity contribution in [3.8, 4) is 22.3 Å². The lowest BCUT2D eigenvalue weighted by Crippen LogP contribution is -2.15. The zero-order valence-electron chi connectivity index (χ0n) is 16.0. The van der Waals surface area contributed by atoms with Crippen molar-refractivity contribution in [3.63, 3.8) is 0 Å². The smallest absolute Gasteiger partial charge is 0.0957 e. The van der Waals surface area contributed by atoms with Gasteiger partial charge in [-0.1, -0.05) is 56.3 Å². The largest absolute Gasteiger partial charge is 0.353 e. The molecule has 0 radical (unpaired) electrons. The number of benzene rings is 3. The number of rotatable bonds is 1. The molecule has 134 valence electrons. The second kappa shape index (κ2) is 5.32. The first-order valence-electron chi connectivity index (χ1n) is 9.74. The molecule has 0 saturated heterocycles. The van der Waals surface area contributed by atoms with E-state index in [1.54, 1.807) is 0 Å². The van der Waals surface area contributed by atoms with Gasteiger partial charge in [0.05, 0.1) is 11.0 Å². The molecule has 3 aromatic carbocycles. The van der Waals surface area contributed by atoms with Crippen LogP contribution in [-0.2, 0) is 5.41 Å². The fraction of sp³-hybridized carbons (Fsp3) is 0.115. The van der Waals surface area contributed by atoms with Gasteiger partial charge < -0.3 is 4.98 Å². The van der Waals surface area contributed by atoms with E-state index in [2.05, 4.69) is 90.5 Å². The topological polar surface area (TPSA) is 28.7 Å². The maximum Gasteiger partial charge on any atom is 0.0957 e. The second-order valence-corrected chi connectivity index (χ2v) is 8.22. The number of H-pyrrole nitrogens is 1. The molecule has 1 aliphatic rings. The van der Waals surface area contributed by atoms with Crippen LogP contribution in [0.1, 0.15) is 25.0 Å². The highest BCUT2D eigenvalue weighted by molar-refractivity contribution is 6.07. The molecule has 0 aliphatic heterocycles. The van der Waals surface area contributed by atoms with Crippen molar-refractivity contribution in [1.82, 2.24) is 9.97 Å². The van der Waals surface area contributed by atoms with Crippen molar-refractivity contribution in [3.05, 3.63) is 90.1 Å². The predicted molar refractivity (Wildman–Crippen MR) is 117 cm³/mol. The standard InChI is InChI=1S/C26H20N2/c1-26(2)21-13-17(16-7-4-3-5-8-16)10-11-18(21)19-15-24-20(14-22(19)26)25-23(28-24)9-6-12-27-25/h3-15,28H,1-2H3. The van der Waals surface area contributed by atoms with Gasteiger partial charge in [-0.05, 0) is 63.7 Å². The molecule has 0 atom stereocenters. The van der Waals surface area contributed by atoms with Gasteiger partial charge in [-0.25, -0.2) is 0 Å². The molecule has 0 saturated carbocycles. The van der Waals surface area contributed by atoms with E-state index in [-0.39, 0.29) is 5.41 Å². The van der Waals surface area contributed by atoms with Crippen molar-refractivity contribution in [1.29, 1.82) is 0 Å². The summed E-state index contributed by atoms with van der Waals surface area (Å²) in [6.45, 7) is 4.67. The van der Waals surface area contributed by atoms with Gasteiger partial charge >= 0.3 is 0 Å². The first-order valence-corrected chi connectivity index (χ1v) is 9.74. The summed E-state index contributed by atoms with van der Waals surface area (Å²) in [6, 6.07) is 26.3. The van der Waals surface area contributed by atoms with Crippen LogP contribution in [0.4, 0.5) is 0 Å². The molecule has 5 aromatic rings. The van der Waals surface area contributed by atoms with Crippen molar-refractivity contribution in [2.24, 2.45) is 0 Å². The summed E-state index contributed by atoms with van der Waals surface area (Å²) in [7, 11) is 0. The van der Waals surface area contributed by atoms with E-state index in [4.69, 9.17) is 0 Å². The predicted octanol–water partition coefficient (Wildman–Crippen LogP) is 6.69. The summed E-state index contributed by atoms with van der Waals surface area (Å²) in [5.74, 6) is 0.